The molecule has 1 aromatic carbocycles. The van der Waals surface area contributed by atoms with E-state index in [4.69, 9.17) is 0 Å². The quantitative estimate of drug-likeness (QED) is 0.540. The summed E-state index contributed by atoms with van der Waals surface area (Å²) in [6.45, 7) is 1.81. The third-order valence-electron chi connectivity index (χ3n) is 3.30. The molecule has 0 bridgehead atoms. The van der Waals surface area contributed by atoms with E-state index in [1.54, 1.807) is 4.52 Å². The van der Waals surface area contributed by atoms with E-state index in [0.29, 0.717) is 21.4 Å². The molecule has 0 unspecified atom stereocenters. The van der Waals surface area contributed by atoms with Crippen LogP contribution in [0.25, 0.3) is 26.2 Å². The van der Waals surface area contributed by atoms with Crippen LogP contribution in [0.1, 0.15) is 11.3 Å². The first-order chi connectivity index (χ1) is 11.4. The Morgan fingerprint density at radius 1 is 1.04 bits per heavy atom. The molecule has 24 heavy (non-hydrogen) atoms. The lowest BCUT2D eigenvalue weighted by Crippen LogP contribution is -2.03. The fraction of sp³-hybridized carbons (Fsp3) is 0.154. The number of alkyl halides is 3. The maximum atomic E-state index is 12.6. The highest BCUT2D eigenvalue weighted by molar-refractivity contribution is 7.19. The van der Waals surface area contributed by atoms with E-state index in [2.05, 4.69) is 24.9 Å². The van der Waals surface area contributed by atoms with Gasteiger partial charge in [0.05, 0.1) is 11.3 Å². The summed E-state index contributed by atoms with van der Waals surface area (Å²) >= 11 is 2.44. The molecule has 122 valence electrons. The third kappa shape index (κ3) is 2.45. The Kier molecular flexibility index (Phi) is 3.35. The second-order valence-electron chi connectivity index (χ2n) is 4.89. The standard InChI is InChI=1S/C13H7F3N6S2/c1-6-9(24-21-17-6)10-18-19-12-22(10)20-11(23-12)7-2-4-8(5-3-7)13(14,15)16/h2-5H,1H3. The summed E-state index contributed by atoms with van der Waals surface area (Å²) in [6, 6.07) is 4.87. The molecule has 0 saturated heterocycles. The van der Waals surface area contributed by atoms with E-state index in [-0.39, 0.29) is 0 Å². The lowest BCUT2D eigenvalue weighted by molar-refractivity contribution is -0.137. The van der Waals surface area contributed by atoms with Gasteiger partial charge in [-0.2, -0.15) is 22.8 Å². The molecule has 0 amide bonds. The van der Waals surface area contributed by atoms with Crippen molar-refractivity contribution in [2.75, 3.05) is 0 Å². The number of hydrogen-bond acceptors (Lipinski definition) is 7. The number of rotatable bonds is 2. The number of fused-ring (bicyclic) bond motifs is 1. The number of hydrogen-bond donors (Lipinski definition) is 0. The number of benzene rings is 1. The average molecular weight is 368 g/mol. The van der Waals surface area contributed by atoms with Gasteiger partial charge in [-0.3, -0.25) is 0 Å². The summed E-state index contributed by atoms with van der Waals surface area (Å²) in [4.78, 5) is 1.31. The fourth-order valence-corrected chi connectivity index (χ4v) is 3.59. The van der Waals surface area contributed by atoms with E-state index < -0.39 is 11.7 Å². The topological polar surface area (TPSA) is 68.9 Å². The SMILES string of the molecule is Cc1nnsc1-c1nnc2sc(-c3ccc(C(F)(F)F)cc3)nn12. The Bertz CT molecular complexity index is 1010. The molecule has 0 saturated carbocycles. The molecule has 3 aromatic heterocycles. The largest absolute Gasteiger partial charge is 0.416 e. The van der Waals surface area contributed by atoms with Gasteiger partial charge in [0.15, 0.2) is 5.82 Å². The molecule has 0 aliphatic rings. The molecule has 0 fully saturated rings. The first-order valence-electron chi connectivity index (χ1n) is 6.62. The van der Waals surface area contributed by atoms with Gasteiger partial charge in [0.2, 0.25) is 4.96 Å². The van der Waals surface area contributed by atoms with Gasteiger partial charge in [0.1, 0.15) is 9.88 Å². The van der Waals surface area contributed by atoms with Crippen molar-refractivity contribution in [1.82, 2.24) is 29.4 Å². The molecule has 3 heterocycles. The average Bonchev–Trinajstić information content (AvgIpc) is 3.22. The van der Waals surface area contributed by atoms with Gasteiger partial charge in [-0.25, -0.2) is 0 Å². The summed E-state index contributed by atoms with van der Waals surface area (Å²) in [5.41, 5.74) is 0.614. The smallest absolute Gasteiger partial charge is 0.181 e. The van der Waals surface area contributed by atoms with E-state index in [9.17, 15) is 13.2 Å². The Labute approximate surface area is 140 Å². The number of aromatic nitrogens is 6. The lowest BCUT2D eigenvalue weighted by atomic mass is 10.1. The molecule has 0 atom stereocenters. The normalized spacial score (nSPS) is 12.2. The predicted molar refractivity (Wildman–Crippen MR) is 82.7 cm³/mol. The third-order valence-corrected chi connectivity index (χ3v) is 5.08. The molecule has 0 N–H and O–H groups in total. The minimum Gasteiger partial charge on any atom is -0.181 e. The maximum Gasteiger partial charge on any atom is 0.416 e. The van der Waals surface area contributed by atoms with Crippen molar-refractivity contribution < 1.29 is 13.2 Å². The Morgan fingerprint density at radius 2 is 1.79 bits per heavy atom. The summed E-state index contributed by atoms with van der Waals surface area (Å²) in [6.07, 6.45) is -4.36. The second kappa shape index (κ2) is 5.31. The van der Waals surface area contributed by atoms with Crippen LogP contribution < -0.4 is 0 Å². The van der Waals surface area contributed by atoms with Gasteiger partial charge in [-0.05, 0) is 30.6 Å². The number of aryl methyl sites for hydroxylation is 1. The van der Waals surface area contributed by atoms with Crippen LogP contribution in [-0.4, -0.2) is 29.4 Å². The van der Waals surface area contributed by atoms with Gasteiger partial charge in [-0.15, -0.1) is 15.3 Å². The highest BCUT2D eigenvalue weighted by Crippen LogP contribution is 2.33. The van der Waals surface area contributed by atoms with E-state index in [1.165, 1.54) is 35.0 Å². The molecule has 0 aliphatic carbocycles. The highest BCUT2D eigenvalue weighted by Gasteiger charge is 2.30. The van der Waals surface area contributed by atoms with Gasteiger partial charge >= 0.3 is 6.18 Å². The van der Waals surface area contributed by atoms with Crippen LogP contribution in [0, 0.1) is 6.92 Å². The zero-order valence-electron chi connectivity index (χ0n) is 11.9. The van der Waals surface area contributed by atoms with Crippen molar-refractivity contribution in [3.63, 3.8) is 0 Å². The van der Waals surface area contributed by atoms with Gasteiger partial charge in [0.25, 0.3) is 0 Å². The Hall–Kier alpha value is -2.40. The molecule has 11 heteroatoms. The van der Waals surface area contributed by atoms with Crippen LogP contribution in [0.4, 0.5) is 13.2 Å². The molecule has 4 aromatic rings. The van der Waals surface area contributed by atoms with Crippen LogP contribution in [0.5, 0.6) is 0 Å². The zero-order chi connectivity index (χ0) is 16.9. The minimum absolute atomic E-state index is 0.520. The molecular formula is C13H7F3N6S2. The van der Waals surface area contributed by atoms with Gasteiger partial charge < -0.3 is 0 Å². The lowest BCUT2D eigenvalue weighted by Gasteiger charge is -2.06. The van der Waals surface area contributed by atoms with Crippen LogP contribution in [0.2, 0.25) is 0 Å². The van der Waals surface area contributed by atoms with Crippen molar-refractivity contribution in [2.24, 2.45) is 0 Å². The molecule has 0 radical (unpaired) electrons. The predicted octanol–water partition coefficient (Wildman–Crippen LogP) is 3.70. The van der Waals surface area contributed by atoms with Crippen LogP contribution in [0.15, 0.2) is 24.3 Å². The van der Waals surface area contributed by atoms with Crippen molar-refractivity contribution in [3.05, 3.63) is 35.5 Å². The summed E-state index contributed by atoms with van der Waals surface area (Å²) in [5, 5.41) is 17.0. The highest BCUT2D eigenvalue weighted by atomic mass is 32.1. The number of halogens is 3. The van der Waals surface area contributed by atoms with Crippen LogP contribution in [0.3, 0.4) is 0 Å². The van der Waals surface area contributed by atoms with Crippen molar-refractivity contribution in [1.29, 1.82) is 0 Å². The van der Waals surface area contributed by atoms with Gasteiger partial charge in [-0.1, -0.05) is 28.0 Å². The summed E-state index contributed by atoms with van der Waals surface area (Å²) in [5.74, 6) is 0.520. The summed E-state index contributed by atoms with van der Waals surface area (Å²) in [7, 11) is 0. The first-order valence-corrected chi connectivity index (χ1v) is 8.21. The first kappa shape index (κ1) is 15.1. The van der Waals surface area contributed by atoms with Gasteiger partial charge in [0, 0.05) is 5.56 Å². The van der Waals surface area contributed by atoms with E-state index in [1.807, 2.05) is 6.92 Å². The Balaban J connectivity index is 1.76. The molecule has 4 rings (SSSR count). The van der Waals surface area contributed by atoms with Crippen molar-refractivity contribution >= 4 is 27.8 Å². The molecule has 0 spiro atoms. The fourth-order valence-electron chi connectivity index (χ4n) is 2.11. The molecule has 6 nitrogen and oxygen atoms in total. The van der Waals surface area contributed by atoms with Crippen LogP contribution in [-0.2, 0) is 6.18 Å². The maximum absolute atomic E-state index is 12.6. The minimum atomic E-state index is -4.36. The Morgan fingerprint density at radius 3 is 2.42 bits per heavy atom. The zero-order valence-corrected chi connectivity index (χ0v) is 13.6. The second-order valence-corrected chi connectivity index (χ2v) is 6.60. The van der Waals surface area contributed by atoms with Crippen molar-refractivity contribution in [2.45, 2.75) is 13.1 Å². The van der Waals surface area contributed by atoms with E-state index in [0.717, 1.165) is 22.7 Å². The molecular weight excluding hydrogens is 361 g/mol. The van der Waals surface area contributed by atoms with Crippen molar-refractivity contribution in [3.8, 4) is 21.3 Å². The monoisotopic (exact) mass is 368 g/mol. The number of nitrogens with zero attached hydrogens (tertiary/aromatic N) is 6. The summed E-state index contributed by atoms with van der Waals surface area (Å²) < 4.78 is 43.3. The molecule has 0 aliphatic heterocycles. The van der Waals surface area contributed by atoms with E-state index >= 15 is 0 Å². The van der Waals surface area contributed by atoms with Crippen LogP contribution >= 0.6 is 22.9 Å².